The molecule has 10 nitrogen and oxygen atoms in total. The first kappa shape index (κ1) is 21.8. The van der Waals surface area contributed by atoms with Gasteiger partial charge in [-0.1, -0.05) is 6.07 Å². The maximum atomic E-state index is 13.1. The maximum Gasteiger partial charge on any atom is 0.235 e. The molecule has 2 aromatic rings. The summed E-state index contributed by atoms with van der Waals surface area (Å²) in [6.45, 7) is 5.25. The number of rotatable bonds is 5. The van der Waals surface area contributed by atoms with E-state index in [1.54, 1.807) is 6.92 Å². The van der Waals surface area contributed by atoms with Crippen LogP contribution in [0.3, 0.4) is 0 Å². The number of piperidine rings is 1. The minimum absolute atomic E-state index is 0.0392. The second-order valence-electron chi connectivity index (χ2n) is 9.82. The number of carbonyl (C=O) groups is 3. The third-order valence-corrected chi connectivity index (χ3v) is 7.83. The minimum atomic E-state index is -1.02. The number of ether oxygens (including phenoxy) is 1. The van der Waals surface area contributed by atoms with Crippen molar-refractivity contribution in [1.82, 2.24) is 30.9 Å². The number of hydrogen-bond donors (Lipinski definition) is 3. The van der Waals surface area contributed by atoms with E-state index in [-0.39, 0.29) is 29.1 Å². The number of nitrogens with one attached hydrogen (secondary N) is 3. The molecule has 1 aromatic heterocycles. The Morgan fingerprint density at radius 3 is 2.85 bits per heavy atom. The molecule has 3 atom stereocenters. The van der Waals surface area contributed by atoms with Gasteiger partial charge in [-0.3, -0.25) is 14.4 Å². The van der Waals surface area contributed by atoms with Gasteiger partial charge in [-0.05, 0) is 43.9 Å². The summed E-state index contributed by atoms with van der Waals surface area (Å²) < 4.78 is 5.74. The average Bonchev–Trinajstić information content (AvgIpc) is 3.54. The van der Waals surface area contributed by atoms with Crippen molar-refractivity contribution in [3.8, 4) is 0 Å². The number of benzene rings is 1. The molecule has 0 saturated carbocycles. The molecular formula is C23H30N6O4. The second-order valence-corrected chi connectivity index (χ2v) is 9.82. The quantitative estimate of drug-likeness (QED) is 0.561. The summed E-state index contributed by atoms with van der Waals surface area (Å²) >= 11 is 0. The van der Waals surface area contributed by atoms with Crippen molar-refractivity contribution < 1.29 is 19.1 Å². The lowest BCUT2D eigenvalue weighted by Crippen LogP contribution is -2.55. The van der Waals surface area contributed by atoms with E-state index in [0.717, 1.165) is 29.4 Å². The zero-order valence-electron chi connectivity index (χ0n) is 18.9. The lowest BCUT2D eigenvalue weighted by atomic mass is 9.69. The molecule has 3 fully saturated rings. The highest BCUT2D eigenvalue weighted by Crippen LogP contribution is 2.43. The first-order chi connectivity index (χ1) is 15.9. The Balaban J connectivity index is 1.26. The summed E-state index contributed by atoms with van der Waals surface area (Å²) in [7, 11) is 0. The lowest BCUT2D eigenvalue weighted by molar-refractivity contribution is -0.140. The summed E-state index contributed by atoms with van der Waals surface area (Å²) in [6, 6.07) is 5.66. The molecule has 3 unspecified atom stereocenters. The summed E-state index contributed by atoms with van der Waals surface area (Å²) in [4.78, 5) is 40.1. The summed E-state index contributed by atoms with van der Waals surface area (Å²) in [5, 5.41) is 16.5. The molecule has 0 bridgehead atoms. The van der Waals surface area contributed by atoms with E-state index in [1.165, 1.54) is 0 Å². The van der Waals surface area contributed by atoms with Crippen LogP contribution in [0.25, 0.3) is 11.0 Å². The van der Waals surface area contributed by atoms with Crippen molar-refractivity contribution in [1.29, 1.82) is 0 Å². The number of likely N-dealkylation sites (tertiary alicyclic amines) is 1. The molecule has 176 valence electrons. The molecule has 5 rings (SSSR count). The molecule has 3 amide bonds. The number of aromatic amines is 1. The lowest BCUT2D eigenvalue weighted by Gasteiger charge is -2.45. The Labute approximate surface area is 191 Å². The zero-order chi connectivity index (χ0) is 23.1. The van der Waals surface area contributed by atoms with E-state index in [0.29, 0.717) is 52.2 Å². The molecule has 0 aliphatic carbocycles. The van der Waals surface area contributed by atoms with Crippen molar-refractivity contribution in [3.63, 3.8) is 0 Å². The Morgan fingerprint density at radius 2 is 2.09 bits per heavy atom. The highest BCUT2D eigenvalue weighted by molar-refractivity contribution is 6.05. The molecule has 3 saturated heterocycles. The molecule has 33 heavy (non-hydrogen) atoms. The van der Waals surface area contributed by atoms with Crippen molar-refractivity contribution in [2.24, 2.45) is 16.7 Å². The Hall–Kier alpha value is -3.01. The van der Waals surface area contributed by atoms with Gasteiger partial charge in [0.05, 0.1) is 13.0 Å². The molecule has 3 aliphatic heterocycles. The van der Waals surface area contributed by atoms with E-state index in [2.05, 4.69) is 26.0 Å². The Kier molecular flexibility index (Phi) is 5.55. The number of fused-ring (bicyclic) bond motifs is 1. The predicted molar refractivity (Wildman–Crippen MR) is 119 cm³/mol. The van der Waals surface area contributed by atoms with Gasteiger partial charge in [-0.15, -0.1) is 0 Å². The van der Waals surface area contributed by atoms with E-state index in [9.17, 15) is 14.4 Å². The van der Waals surface area contributed by atoms with Crippen molar-refractivity contribution in [2.75, 3.05) is 39.4 Å². The highest BCUT2D eigenvalue weighted by atomic mass is 16.5. The fourth-order valence-corrected chi connectivity index (χ4v) is 5.41. The smallest absolute Gasteiger partial charge is 0.235 e. The normalized spacial score (nSPS) is 29.5. The van der Waals surface area contributed by atoms with Crippen LogP contribution in [-0.2, 0) is 25.5 Å². The fraction of sp³-hybridized carbons (Fsp3) is 0.609. The largest absolute Gasteiger partial charge is 0.381 e. The number of carbonyl (C=O) groups excluding carboxylic acids is 3. The van der Waals surface area contributed by atoms with Crippen LogP contribution >= 0.6 is 0 Å². The maximum absolute atomic E-state index is 13.1. The first-order valence-electron chi connectivity index (χ1n) is 11.6. The molecular weight excluding hydrogens is 424 g/mol. The molecule has 0 radical (unpaired) electrons. The topological polar surface area (TPSA) is 129 Å². The van der Waals surface area contributed by atoms with Crippen LogP contribution in [0.4, 0.5) is 0 Å². The average molecular weight is 455 g/mol. The molecule has 3 N–H and O–H groups in total. The van der Waals surface area contributed by atoms with Gasteiger partial charge in [0.15, 0.2) is 0 Å². The van der Waals surface area contributed by atoms with Gasteiger partial charge in [0, 0.05) is 44.1 Å². The molecule has 4 heterocycles. The summed E-state index contributed by atoms with van der Waals surface area (Å²) in [6.07, 6.45) is 2.57. The summed E-state index contributed by atoms with van der Waals surface area (Å²) in [5.41, 5.74) is 1.35. The fourth-order valence-electron chi connectivity index (χ4n) is 5.41. The van der Waals surface area contributed by atoms with Crippen LogP contribution in [-0.4, -0.2) is 77.4 Å². The van der Waals surface area contributed by atoms with E-state index < -0.39 is 5.41 Å². The minimum Gasteiger partial charge on any atom is -0.381 e. The standard InChI is InChI=1S/C23H30N6O4/c1-22(4-7-24-20(22)31)21(32)25-12-16-13-29(8-5-23(16)6-9-33-14-23)19(30)11-15-2-3-17-18(10-15)27-28-26-17/h2-3,10,16H,4-9,11-14H2,1H3,(H,24,31)(H,25,32)(H,26,27,28). The monoisotopic (exact) mass is 454 g/mol. The van der Waals surface area contributed by atoms with Crippen molar-refractivity contribution >= 4 is 28.8 Å². The van der Waals surface area contributed by atoms with Crippen LogP contribution in [0.15, 0.2) is 18.2 Å². The van der Waals surface area contributed by atoms with Gasteiger partial charge in [-0.2, -0.15) is 15.4 Å². The second kappa shape index (κ2) is 8.40. The van der Waals surface area contributed by atoms with Gasteiger partial charge in [0.2, 0.25) is 17.7 Å². The highest BCUT2D eigenvalue weighted by Gasteiger charge is 2.48. The number of H-pyrrole nitrogens is 1. The molecule has 1 spiro atoms. The van der Waals surface area contributed by atoms with Crippen molar-refractivity contribution in [2.45, 2.75) is 32.6 Å². The predicted octanol–water partition coefficient (Wildman–Crippen LogP) is 0.398. The van der Waals surface area contributed by atoms with Crippen LogP contribution in [0.2, 0.25) is 0 Å². The van der Waals surface area contributed by atoms with Crippen LogP contribution < -0.4 is 10.6 Å². The van der Waals surface area contributed by atoms with Gasteiger partial charge in [0.25, 0.3) is 0 Å². The molecule has 1 aromatic carbocycles. The van der Waals surface area contributed by atoms with Gasteiger partial charge in [-0.25, -0.2) is 0 Å². The number of nitrogens with zero attached hydrogens (tertiary/aromatic N) is 3. The van der Waals surface area contributed by atoms with Crippen LogP contribution in [0.5, 0.6) is 0 Å². The van der Waals surface area contributed by atoms with E-state index in [1.807, 2.05) is 23.1 Å². The SMILES string of the molecule is CC1(C(=O)NCC2CN(C(=O)Cc3ccc4n[nH]nc4c3)CCC23CCOC3)CCNC1=O. The summed E-state index contributed by atoms with van der Waals surface area (Å²) in [5.74, 6) is -0.322. The third-order valence-electron chi connectivity index (χ3n) is 7.83. The van der Waals surface area contributed by atoms with Gasteiger partial charge in [0.1, 0.15) is 16.4 Å². The van der Waals surface area contributed by atoms with Crippen LogP contribution in [0.1, 0.15) is 31.7 Å². The van der Waals surface area contributed by atoms with Crippen molar-refractivity contribution in [3.05, 3.63) is 23.8 Å². The molecule has 3 aliphatic rings. The van der Waals surface area contributed by atoms with Gasteiger partial charge < -0.3 is 20.3 Å². The number of amides is 3. The molecule has 10 heteroatoms. The Morgan fingerprint density at radius 1 is 1.24 bits per heavy atom. The first-order valence-corrected chi connectivity index (χ1v) is 11.6. The van der Waals surface area contributed by atoms with Gasteiger partial charge >= 0.3 is 0 Å². The van der Waals surface area contributed by atoms with Crippen LogP contribution in [0, 0.1) is 16.7 Å². The Bertz CT molecular complexity index is 1080. The van der Waals surface area contributed by atoms with E-state index in [4.69, 9.17) is 4.74 Å². The third kappa shape index (κ3) is 3.96. The van der Waals surface area contributed by atoms with E-state index >= 15 is 0 Å². The zero-order valence-corrected chi connectivity index (χ0v) is 18.9. The number of hydrogen-bond acceptors (Lipinski definition) is 6. The number of aromatic nitrogens is 3.